The van der Waals surface area contributed by atoms with E-state index in [1.165, 1.54) is 34.5 Å². The molecule has 6 heterocycles. The van der Waals surface area contributed by atoms with Gasteiger partial charge in [0.1, 0.15) is 42.7 Å². The molecule has 4 fully saturated rings. The van der Waals surface area contributed by atoms with Gasteiger partial charge in [-0.2, -0.15) is 0 Å². The van der Waals surface area contributed by atoms with Gasteiger partial charge in [0.15, 0.2) is 25.2 Å². The summed E-state index contributed by atoms with van der Waals surface area (Å²) in [7, 11) is 3.93. The Morgan fingerprint density at radius 2 is 1.11 bits per heavy atom. The summed E-state index contributed by atoms with van der Waals surface area (Å²) in [4.78, 5) is 25.5. The fourth-order valence-corrected chi connectivity index (χ4v) is 8.30. The van der Waals surface area contributed by atoms with Crippen LogP contribution in [0, 0.1) is 23.7 Å². The summed E-state index contributed by atoms with van der Waals surface area (Å²) in [6.07, 6.45) is -17.2. The Hall–Kier alpha value is -2.54. The van der Waals surface area contributed by atoms with Gasteiger partial charge in [0.05, 0.1) is 74.6 Å². The number of hydrogen-bond acceptors (Lipinski definition) is 20. The quantitative estimate of drug-likeness (QED) is 0.129. The highest BCUT2D eigenvalue weighted by molar-refractivity contribution is 5.89. The minimum atomic E-state index is -1.73. The van der Waals surface area contributed by atoms with Gasteiger partial charge in [-0.1, -0.05) is 0 Å². The lowest BCUT2D eigenvalue weighted by Gasteiger charge is -2.50. The van der Waals surface area contributed by atoms with Crippen LogP contribution in [0.15, 0.2) is 23.7 Å². The van der Waals surface area contributed by atoms with Crippen LogP contribution in [-0.4, -0.2) is 169 Å². The smallest absolute Gasteiger partial charge is 0.337 e. The maximum absolute atomic E-state index is 12.9. The first-order valence-electron chi connectivity index (χ1n) is 18.2. The SMILES string of the molecule is COC(=O)C1=CO[C@@H](O[C@@H]2O[C@H](C)[C@@H](O)[C@H](O)[C@H]2O)[C@@H]2[C@H](C)O[C@@H](O[C@H]3[C@H](O)[C@@H](O)[C@H](O[C@@H]4OC=C(C(=O)OC)[C@H]5C[C@H](OC)O[C@@H](C)[C@@H]45)O[C@@H]3CO)C[C@H]12. The maximum atomic E-state index is 12.9. The predicted octanol–water partition coefficient (Wildman–Crippen LogP) is -2.12. The molecule has 0 spiro atoms. The molecule has 0 aromatic rings. The van der Waals surface area contributed by atoms with Crippen LogP contribution in [0.3, 0.4) is 0 Å². The number of hydrogen-bond donors (Lipinski definition) is 6. The highest BCUT2D eigenvalue weighted by Crippen LogP contribution is 2.46. The average molecular weight is 793 g/mol. The summed E-state index contributed by atoms with van der Waals surface area (Å²) in [6.45, 7) is 4.23. The summed E-state index contributed by atoms with van der Waals surface area (Å²) in [6, 6.07) is 0. The van der Waals surface area contributed by atoms with Crippen molar-refractivity contribution in [3.8, 4) is 0 Å². The Morgan fingerprint density at radius 1 is 0.618 bits per heavy atom. The molecule has 312 valence electrons. The molecule has 0 amide bonds. The third kappa shape index (κ3) is 8.26. The van der Waals surface area contributed by atoms with Crippen LogP contribution in [-0.2, 0) is 66.4 Å². The molecule has 4 saturated heterocycles. The van der Waals surface area contributed by atoms with E-state index in [0.717, 1.165) is 6.26 Å². The zero-order valence-electron chi connectivity index (χ0n) is 31.2. The van der Waals surface area contributed by atoms with Crippen molar-refractivity contribution in [1.82, 2.24) is 0 Å². The normalized spacial score (nSPS) is 47.1. The number of esters is 2. The van der Waals surface area contributed by atoms with Crippen molar-refractivity contribution in [2.45, 2.75) is 132 Å². The van der Waals surface area contributed by atoms with E-state index >= 15 is 0 Å². The van der Waals surface area contributed by atoms with Gasteiger partial charge in [-0.05, 0) is 20.8 Å². The minimum absolute atomic E-state index is 0.0312. The van der Waals surface area contributed by atoms with Crippen LogP contribution in [0.5, 0.6) is 0 Å². The third-order valence-corrected chi connectivity index (χ3v) is 11.3. The standard InChI is InChI=1S/C35H52O20/c1-12-22-15(7-20(44-4)49-12)17(30(42)45-5)10-48-33(22)55-35-28(41)26(39)29(19(9-36)52-35)53-21-8-16-18(31(43)46-6)11-47-32(23(16)13(2)50-21)54-34-27(40)25(38)24(37)14(3)51-34/h10-16,19-29,32-41H,7-9H2,1-6H3/t12-,13-,14+,15+,16+,19+,20+,21-,22+,23+,24+,25-,26+,27+,28+,29+,32-,33-,34-,35-/m0/s1. The van der Waals surface area contributed by atoms with E-state index < -0.39 is 141 Å². The third-order valence-electron chi connectivity index (χ3n) is 11.3. The lowest BCUT2D eigenvalue weighted by Crippen LogP contribution is -2.63. The van der Waals surface area contributed by atoms with Gasteiger partial charge >= 0.3 is 11.9 Å². The number of fused-ring (bicyclic) bond motifs is 2. The number of carbonyl (C=O) groups is 2. The minimum Gasteiger partial charge on any atom is -0.471 e. The summed E-state index contributed by atoms with van der Waals surface area (Å²) in [5.41, 5.74) is 0.367. The molecule has 0 bridgehead atoms. The van der Waals surface area contributed by atoms with E-state index in [4.69, 9.17) is 56.8 Å². The van der Waals surface area contributed by atoms with Crippen molar-refractivity contribution in [2.75, 3.05) is 27.9 Å². The van der Waals surface area contributed by atoms with Gasteiger partial charge in [0.2, 0.25) is 12.6 Å². The molecule has 20 nitrogen and oxygen atoms in total. The molecule has 0 aliphatic carbocycles. The Balaban J connectivity index is 1.15. The first kappa shape index (κ1) is 42.1. The van der Waals surface area contributed by atoms with Crippen LogP contribution < -0.4 is 0 Å². The Morgan fingerprint density at radius 3 is 1.62 bits per heavy atom. The molecule has 0 unspecified atom stereocenters. The number of aliphatic hydroxyl groups is 6. The molecule has 20 atom stereocenters. The Bertz CT molecular complexity index is 1410. The number of carbonyl (C=O) groups excluding carboxylic acids is 2. The highest BCUT2D eigenvalue weighted by Gasteiger charge is 2.55. The van der Waals surface area contributed by atoms with E-state index in [-0.39, 0.29) is 24.0 Å². The zero-order chi connectivity index (χ0) is 39.9. The van der Waals surface area contributed by atoms with E-state index in [2.05, 4.69) is 0 Å². The summed E-state index contributed by atoms with van der Waals surface area (Å²) >= 11 is 0. The van der Waals surface area contributed by atoms with Crippen molar-refractivity contribution < 1.29 is 97.1 Å². The molecule has 6 aliphatic rings. The van der Waals surface area contributed by atoms with Crippen LogP contribution in [0.1, 0.15) is 33.6 Å². The topological polar surface area (TPSA) is 266 Å². The molecule has 55 heavy (non-hydrogen) atoms. The fourth-order valence-electron chi connectivity index (χ4n) is 8.30. The first-order valence-corrected chi connectivity index (χ1v) is 18.2. The second-order valence-electron chi connectivity index (χ2n) is 14.5. The number of aliphatic hydroxyl groups excluding tert-OH is 6. The fraction of sp³-hybridized carbons (Fsp3) is 0.829. The zero-order valence-corrected chi connectivity index (χ0v) is 31.2. The summed E-state index contributed by atoms with van der Waals surface area (Å²) < 4.78 is 68.8. The number of methoxy groups -OCH3 is 3. The summed E-state index contributed by atoms with van der Waals surface area (Å²) in [5.74, 6) is -3.81. The largest absolute Gasteiger partial charge is 0.471 e. The second-order valence-corrected chi connectivity index (χ2v) is 14.5. The van der Waals surface area contributed by atoms with Crippen molar-refractivity contribution in [3.63, 3.8) is 0 Å². The average Bonchev–Trinajstić information content (AvgIpc) is 3.17. The lowest BCUT2D eigenvalue weighted by molar-refractivity contribution is -0.374. The first-order chi connectivity index (χ1) is 26.2. The van der Waals surface area contributed by atoms with Gasteiger partial charge in [0, 0.05) is 31.8 Å². The molecule has 6 aliphatic heterocycles. The molecule has 0 aromatic carbocycles. The van der Waals surface area contributed by atoms with E-state index in [1.807, 2.05) is 0 Å². The monoisotopic (exact) mass is 792 g/mol. The Kier molecular flexibility index (Phi) is 13.4. The number of ether oxygens (including phenoxy) is 12. The van der Waals surface area contributed by atoms with Crippen LogP contribution >= 0.6 is 0 Å². The molecule has 6 N–H and O–H groups in total. The molecular weight excluding hydrogens is 740 g/mol. The second kappa shape index (κ2) is 17.5. The van der Waals surface area contributed by atoms with Gasteiger partial charge < -0.3 is 87.5 Å². The van der Waals surface area contributed by atoms with E-state index in [9.17, 15) is 40.2 Å². The van der Waals surface area contributed by atoms with Gasteiger partial charge in [-0.15, -0.1) is 0 Å². The van der Waals surface area contributed by atoms with Gasteiger partial charge in [-0.3, -0.25) is 0 Å². The van der Waals surface area contributed by atoms with Crippen LogP contribution in [0.25, 0.3) is 0 Å². The lowest BCUT2D eigenvalue weighted by atomic mass is 9.76. The van der Waals surface area contributed by atoms with Crippen molar-refractivity contribution in [1.29, 1.82) is 0 Å². The molecule has 0 saturated carbocycles. The van der Waals surface area contributed by atoms with E-state index in [1.54, 1.807) is 13.8 Å². The summed E-state index contributed by atoms with van der Waals surface area (Å²) in [5, 5.41) is 64.1. The van der Waals surface area contributed by atoms with Crippen LogP contribution in [0.4, 0.5) is 0 Å². The van der Waals surface area contributed by atoms with E-state index in [0.29, 0.717) is 0 Å². The maximum Gasteiger partial charge on any atom is 0.337 e. The van der Waals surface area contributed by atoms with Crippen LogP contribution in [0.2, 0.25) is 0 Å². The van der Waals surface area contributed by atoms with Crippen molar-refractivity contribution in [2.24, 2.45) is 23.7 Å². The molecular formula is C35H52O20. The molecule has 0 radical (unpaired) electrons. The molecule has 6 rings (SSSR count). The number of rotatable bonds is 10. The Labute approximate surface area is 316 Å². The predicted molar refractivity (Wildman–Crippen MR) is 176 cm³/mol. The van der Waals surface area contributed by atoms with Gasteiger partial charge in [-0.25, -0.2) is 9.59 Å². The molecule has 20 heteroatoms. The van der Waals surface area contributed by atoms with Crippen molar-refractivity contribution >= 4 is 11.9 Å². The van der Waals surface area contributed by atoms with Gasteiger partial charge in [0.25, 0.3) is 0 Å². The van der Waals surface area contributed by atoms with Crippen molar-refractivity contribution in [3.05, 3.63) is 23.7 Å². The molecule has 0 aromatic heterocycles. The highest BCUT2D eigenvalue weighted by atomic mass is 16.8.